The van der Waals surface area contributed by atoms with E-state index in [4.69, 9.17) is 9.72 Å². The summed E-state index contributed by atoms with van der Waals surface area (Å²) in [6.45, 7) is 4.35. The van der Waals surface area contributed by atoms with Gasteiger partial charge in [0, 0.05) is 11.1 Å². The SMILES string of the molecule is COc1ccc2nc(C(C)C)cc(-c3ccccc3)c2c1. The second kappa shape index (κ2) is 5.57. The summed E-state index contributed by atoms with van der Waals surface area (Å²) in [4.78, 5) is 4.78. The molecule has 0 radical (unpaired) electrons. The molecular formula is C19H19NO. The van der Waals surface area contributed by atoms with E-state index in [1.165, 1.54) is 11.1 Å². The Balaban J connectivity index is 2.32. The van der Waals surface area contributed by atoms with E-state index in [1.807, 2.05) is 18.2 Å². The first-order chi connectivity index (χ1) is 10.2. The Bertz CT molecular complexity index is 763. The van der Waals surface area contributed by atoms with Crippen molar-refractivity contribution in [1.29, 1.82) is 0 Å². The average molecular weight is 277 g/mol. The molecule has 0 aliphatic carbocycles. The largest absolute Gasteiger partial charge is 0.497 e. The fourth-order valence-corrected chi connectivity index (χ4v) is 2.50. The minimum absolute atomic E-state index is 0.402. The highest BCUT2D eigenvalue weighted by Crippen LogP contribution is 2.32. The average Bonchev–Trinajstić information content (AvgIpc) is 2.54. The first-order valence-corrected chi connectivity index (χ1v) is 7.23. The van der Waals surface area contributed by atoms with E-state index in [2.05, 4.69) is 50.2 Å². The number of fused-ring (bicyclic) bond motifs is 1. The van der Waals surface area contributed by atoms with Crippen LogP contribution in [0.4, 0.5) is 0 Å². The first-order valence-electron chi connectivity index (χ1n) is 7.23. The van der Waals surface area contributed by atoms with Crippen molar-refractivity contribution in [1.82, 2.24) is 4.98 Å². The molecule has 0 amide bonds. The summed E-state index contributed by atoms with van der Waals surface area (Å²) in [6, 6.07) is 18.7. The number of benzene rings is 2. The minimum Gasteiger partial charge on any atom is -0.497 e. The summed E-state index contributed by atoms with van der Waals surface area (Å²) in [5, 5.41) is 1.13. The summed E-state index contributed by atoms with van der Waals surface area (Å²) in [7, 11) is 1.69. The highest BCUT2D eigenvalue weighted by molar-refractivity contribution is 5.95. The lowest BCUT2D eigenvalue weighted by molar-refractivity contribution is 0.415. The molecule has 1 heterocycles. The van der Waals surface area contributed by atoms with Gasteiger partial charge in [-0.15, -0.1) is 0 Å². The molecule has 2 aromatic carbocycles. The molecule has 0 unspecified atom stereocenters. The third-order valence-corrected chi connectivity index (χ3v) is 3.71. The number of pyridine rings is 1. The van der Waals surface area contributed by atoms with Gasteiger partial charge in [-0.3, -0.25) is 4.98 Å². The van der Waals surface area contributed by atoms with Gasteiger partial charge >= 0.3 is 0 Å². The molecule has 0 aliphatic rings. The van der Waals surface area contributed by atoms with E-state index in [1.54, 1.807) is 7.11 Å². The Morgan fingerprint density at radius 3 is 2.38 bits per heavy atom. The van der Waals surface area contributed by atoms with Crippen molar-refractivity contribution in [2.45, 2.75) is 19.8 Å². The monoisotopic (exact) mass is 277 g/mol. The number of hydrogen-bond donors (Lipinski definition) is 0. The van der Waals surface area contributed by atoms with Crippen molar-refractivity contribution >= 4 is 10.9 Å². The van der Waals surface area contributed by atoms with E-state index >= 15 is 0 Å². The van der Waals surface area contributed by atoms with Crippen LogP contribution in [0, 0.1) is 0 Å². The van der Waals surface area contributed by atoms with Crippen LogP contribution in [0.15, 0.2) is 54.6 Å². The predicted octanol–water partition coefficient (Wildman–Crippen LogP) is 5.03. The Kier molecular flexibility index (Phi) is 3.61. The van der Waals surface area contributed by atoms with Gasteiger partial charge in [-0.2, -0.15) is 0 Å². The van der Waals surface area contributed by atoms with Gasteiger partial charge in [0.2, 0.25) is 0 Å². The van der Waals surface area contributed by atoms with Crippen molar-refractivity contribution in [3.8, 4) is 16.9 Å². The van der Waals surface area contributed by atoms with Crippen LogP contribution >= 0.6 is 0 Å². The summed E-state index contributed by atoms with van der Waals surface area (Å²) < 4.78 is 5.36. The molecule has 0 atom stereocenters. The van der Waals surface area contributed by atoms with Crippen LogP contribution in [-0.4, -0.2) is 12.1 Å². The molecule has 3 rings (SSSR count). The van der Waals surface area contributed by atoms with Crippen molar-refractivity contribution in [2.24, 2.45) is 0 Å². The molecule has 2 nitrogen and oxygen atoms in total. The zero-order valence-electron chi connectivity index (χ0n) is 12.6. The number of methoxy groups -OCH3 is 1. The molecule has 2 heteroatoms. The lowest BCUT2D eigenvalue weighted by Gasteiger charge is -2.13. The molecule has 3 aromatic rings. The van der Waals surface area contributed by atoms with Gasteiger partial charge in [0.1, 0.15) is 5.75 Å². The van der Waals surface area contributed by atoms with Gasteiger partial charge in [-0.1, -0.05) is 44.2 Å². The number of ether oxygens (including phenoxy) is 1. The third kappa shape index (κ3) is 2.62. The highest BCUT2D eigenvalue weighted by Gasteiger charge is 2.11. The van der Waals surface area contributed by atoms with Gasteiger partial charge in [0.25, 0.3) is 0 Å². The van der Waals surface area contributed by atoms with Crippen LogP contribution in [0.1, 0.15) is 25.5 Å². The van der Waals surface area contributed by atoms with Crippen molar-refractivity contribution < 1.29 is 4.74 Å². The molecule has 106 valence electrons. The smallest absolute Gasteiger partial charge is 0.119 e. The molecule has 0 saturated heterocycles. The Morgan fingerprint density at radius 1 is 0.952 bits per heavy atom. The van der Waals surface area contributed by atoms with E-state index in [0.717, 1.165) is 22.3 Å². The maximum atomic E-state index is 5.36. The summed E-state index contributed by atoms with van der Waals surface area (Å²) in [6.07, 6.45) is 0. The second-order valence-electron chi connectivity index (χ2n) is 5.50. The maximum Gasteiger partial charge on any atom is 0.119 e. The number of nitrogens with zero attached hydrogens (tertiary/aromatic N) is 1. The van der Waals surface area contributed by atoms with Gasteiger partial charge in [0.15, 0.2) is 0 Å². The van der Waals surface area contributed by atoms with Crippen LogP contribution in [0.5, 0.6) is 5.75 Å². The van der Waals surface area contributed by atoms with Crippen molar-refractivity contribution in [3.05, 3.63) is 60.3 Å². The molecule has 0 bridgehead atoms. The first kappa shape index (κ1) is 13.6. The standard InChI is InChI=1S/C19H19NO/c1-13(2)19-12-16(14-7-5-4-6-8-14)17-11-15(21-3)9-10-18(17)20-19/h4-13H,1-3H3. The number of hydrogen-bond acceptors (Lipinski definition) is 2. The normalized spacial score (nSPS) is 11.0. The van der Waals surface area contributed by atoms with Crippen molar-refractivity contribution in [3.63, 3.8) is 0 Å². The van der Waals surface area contributed by atoms with Gasteiger partial charge in [0.05, 0.1) is 12.6 Å². The lowest BCUT2D eigenvalue weighted by atomic mass is 9.97. The minimum atomic E-state index is 0.402. The Hall–Kier alpha value is -2.35. The van der Waals surface area contributed by atoms with E-state index in [9.17, 15) is 0 Å². The van der Waals surface area contributed by atoms with Crippen LogP contribution < -0.4 is 4.74 Å². The van der Waals surface area contributed by atoms with Crippen LogP contribution in [0.25, 0.3) is 22.0 Å². The maximum absolute atomic E-state index is 5.36. The number of aromatic nitrogens is 1. The topological polar surface area (TPSA) is 22.1 Å². The van der Waals surface area contributed by atoms with Crippen LogP contribution in [0.2, 0.25) is 0 Å². The van der Waals surface area contributed by atoms with Crippen molar-refractivity contribution in [2.75, 3.05) is 7.11 Å². The number of rotatable bonds is 3. The summed E-state index contributed by atoms with van der Waals surface area (Å²) >= 11 is 0. The summed E-state index contributed by atoms with van der Waals surface area (Å²) in [5.41, 5.74) is 4.55. The zero-order valence-corrected chi connectivity index (χ0v) is 12.6. The van der Waals surface area contributed by atoms with Gasteiger partial charge in [-0.05, 0) is 41.3 Å². The molecule has 0 N–H and O–H groups in total. The highest BCUT2D eigenvalue weighted by atomic mass is 16.5. The fourth-order valence-electron chi connectivity index (χ4n) is 2.50. The molecule has 0 saturated carbocycles. The zero-order chi connectivity index (χ0) is 14.8. The second-order valence-corrected chi connectivity index (χ2v) is 5.50. The molecule has 0 spiro atoms. The lowest BCUT2D eigenvalue weighted by Crippen LogP contribution is -1.96. The van der Waals surface area contributed by atoms with Gasteiger partial charge < -0.3 is 4.74 Å². The van der Waals surface area contributed by atoms with E-state index in [-0.39, 0.29) is 0 Å². The molecule has 0 aliphatic heterocycles. The third-order valence-electron chi connectivity index (χ3n) is 3.71. The van der Waals surface area contributed by atoms with Crippen LogP contribution in [0.3, 0.4) is 0 Å². The predicted molar refractivity (Wildman–Crippen MR) is 87.8 cm³/mol. The van der Waals surface area contributed by atoms with E-state index in [0.29, 0.717) is 5.92 Å². The Morgan fingerprint density at radius 2 is 1.71 bits per heavy atom. The van der Waals surface area contributed by atoms with E-state index < -0.39 is 0 Å². The van der Waals surface area contributed by atoms with Gasteiger partial charge in [-0.25, -0.2) is 0 Å². The van der Waals surface area contributed by atoms with Crippen LogP contribution in [-0.2, 0) is 0 Å². The molecular weight excluding hydrogens is 258 g/mol. The summed E-state index contributed by atoms with van der Waals surface area (Å²) in [5.74, 6) is 1.26. The fraction of sp³-hybridized carbons (Fsp3) is 0.211. The quantitative estimate of drug-likeness (QED) is 0.669. The molecule has 1 aromatic heterocycles. The molecule has 0 fully saturated rings. The molecule has 21 heavy (non-hydrogen) atoms. The Labute approximate surface area is 125 Å².